The van der Waals surface area contributed by atoms with E-state index >= 15 is 0 Å². The fraction of sp³-hybridized carbons (Fsp3) is 0.154. The van der Waals surface area contributed by atoms with Crippen molar-refractivity contribution in [1.29, 1.82) is 0 Å². The maximum atomic E-state index is 13.8. The highest BCUT2D eigenvalue weighted by molar-refractivity contribution is 6.31. The molecule has 166 valence electrons. The number of nitrogens with zero attached hydrogens (tertiary/aromatic N) is 2. The van der Waals surface area contributed by atoms with Crippen LogP contribution < -0.4 is 15.0 Å². The molecule has 6 nitrogen and oxygen atoms in total. The second-order valence-corrected chi connectivity index (χ2v) is 8.26. The van der Waals surface area contributed by atoms with E-state index in [1.54, 1.807) is 24.1 Å². The topological polar surface area (TPSA) is 74.2 Å². The number of amides is 1. The summed E-state index contributed by atoms with van der Waals surface area (Å²) in [6.45, 7) is 1.10. The summed E-state index contributed by atoms with van der Waals surface area (Å²) < 4.78 is 5.30. The van der Waals surface area contributed by atoms with Crippen LogP contribution in [-0.4, -0.2) is 36.9 Å². The molecule has 2 heterocycles. The number of carbonyl (C=O) groups excluding carboxylic acids is 1. The number of nitrogens with one attached hydrogen (secondary N) is 1. The molecule has 0 saturated carbocycles. The number of ether oxygens (including phenoxy) is 1. The first kappa shape index (κ1) is 21.1. The SMILES string of the molecule is COc1ccc(N2C(=O)C3=C(C(c4ccc(Cl)cc4)=NCCN3)C2c2ccc(O)cc2)cc1. The second-order valence-electron chi connectivity index (χ2n) is 7.82. The molecule has 0 aliphatic carbocycles. The Morgan fingerprint density at radius 1 is 1.03 bits per heavy atom. The summed E-state index contributed by atoms with van der Waals surface area (Å²) in [6.07, 6.45) is 0. The number of hydrogen-bond acceptors (Lipinski definition) is 5. The van der Waals surface area contributed by atoms with Crippen molar-refractivity contribution in [2.24, 2.45) is 4.99 Å². The van der Waals surface area contributed by atoms with Gasteiger partial charge in [0.1, 0.15) is 17.2 Å². The van der Waals surface area contributed by atoms with Gasteiger partial charge in [-0.05, 0) is 54.1 Å². The molecule has 3 aromatic carbocycles. The van der Waals surface area contributed by atoms with Crippen molar-refractivity contribution in [3.63, 3.8) is 0 Å². The third-order valence-corrected chi connectivity index (χ3v) is 6.10. The van der Waals surface area contributed by atoms with Gasteiger partial charge >= 0.3 is 0 Å². The molecule has 0 saturated heterocycles. The lowest BCUT2D eigenvalue weighted by atomic mass is 9.91. The molecule has 33 heavy (non-hydrogen) atoms. The van der Waals surface area contributed by atoms with Gasteiger partial charge in [-0.15, -0.1) is 0 Å². The molecule has 1 unspecified atom stereocenters. The average Bonchev–Trinajstić information content (AvgIpc) is 2.97. The van der Waals surface area contributed by atoms with Gasteiger partial charge in [0.05, 0.1) is 25.4 Å². The lowest BCUT2D eigenvalue weighted by Crippen LogP contribution is -2.33. The number of methoxy groups -OCH3 is 1. The van der Waals surface area contributed by atoms with Crippen LogP contribution in [0, 0.1) is 0 Å². The molecule has 0 radical (unpaired) electrons. The summed E-state index contributed by atoms with van der Waals surface area (Å²) in [4.78, 5) is 20.4. The molecule has 2 N–H and O–H groups in total. The van der Waals surface area contributed by atoms with E-state index in [2.05, 4.69) is 5.32 Å². The smallest absolute Gasteiger partial charge is 0.275 e. The zero-order valence-corrected chi connectivity index (χ0v) is 18.7. The van der Waals surface area contributed by atoms with Crippen LogP contribution in [0.5, 0.6) is 11.5 Å². The van der Waals surface area contributed by atoms with Crippen molar-refractivity contribution < 1.29 is 14.6 Å². The van der Waals surface area contributed by atoms with Crippen LogP contribution in [0.4, 0.5) is 5.69 Å². The average molecular weight is 460 g/mol. The fourth-order valence-electron chi connectivity index (χ4n) is 4.31. The van der Waals surface area contributed by atoms with E-state index in [4.69, 9.17) is 21.3 Å². The zero-order valence-electron chi connectivity index (χ0n) is 18.0. The normalized spacial score (nSPS) is 17.9. The van der Waals surface area contributed by atoms with Gasteiger partial charge in [0.15, 0.2) is 0 Å². The number of halogens is 1. The van der Waals surface area contributed by atoms with Gasteiger partial charge in [0.2, 0.25) is 0 Å². The number of anilines is 1. The highest BCUT2D eigenvalue weighted by Crippen LogP contribution is 2.43. The summed E-state index contributed by atoms with van der Waals surface area (Å²) >= 11 is 6.12. The predicted molar refractivity (Wildman–Crippen MR) is 129 cm³/mol. The third kappa shape index (κ3) is 3.83. The summed E-state index contributed by atoms with van der Waals surface area (Å²) in [5.41, 5.74) is 4.60. The van der Waals surface area contributed by atoms with Crippen LogP contribution in [0.3, 0.4) is 0 Å². The molecule has 2 aliphatic heterocycles. The highest BCUT2D eigenvalue weighted by atomic mass is 35.5. The number of phenols is 1. The van der Waals surface area contributed by atoms with Gasteiger partial charge in [0, 0.05) is 28.4 Å². The maximum absolute atomic E-state index is 13.8. The third-order valence-electron chi connectivity index (χ3n) is 5.85. The summed E-state index contributed by atoms with van der Waals surface area (Å²) in [5.74, 6) is 0.748. The van der Waals surface area contributed by atoms with Gasteiger partial charge in [-0.2, -0.15) is 0 Å². The molecule has 1 atom stereocenters. The van der Waals surface area contributed by atoms with Crippen molar-refractivity contribution in [2.45, 2.75) is 6.04 Å². The van der Waals surface area contributed by atoms with Crippen LogP contribution in [0.1, 0.15) is 17.2 Å². The van der Waals surface area contributed by atoms with Gasteiger partial charge in [0.25, 0.3) is 5.91 Å². The predicted octanol–water partition coefficient (Wildman–Crippen LogP) is 4.49. The van der Waals surface area contributed by atoms with E-state index in [9.17, 15) is 9.90 Å². The largest absolute Gasteiger partial charge is 0.508 e. The number of aliphatic imine (C=N–C) groups is 1. The Hall–Kier alpha value is -3.77. The molecular formula is C26H22ClN3O3. The standard InChI is InChI=1S/C26H22ClN3O3/c1-33-21-12-8-19(9-13-21)30-25(17-4-10-20(31)11-5-17)22-23(16-2-6-18(27)7-3-16)28-14-15-29-24(22)26(30)32/h2-13,25,29,31H,14-15H2,1H3. The summed E-state index contributed by atoms with van der Waals surface area (Å²) in [5, 5.41) is 13.8. The Morgan fingerprint density at radius 3 is 2.39 bits per heavy atom. The number of rotatable bonds is 4. The van der Waals surface area contributed by atoms with Crippen molar-refractivity contribution in [3.8, 4) is 11.5 Å². The minimum absolute atomic E-state index is 0.128. The van der Waals surface area contributed by atoms with E-state index in [-0.39, 0.29) is 11.7 Å². The second kappa shape index (κ2) is 8.64. The van der Waals surface area contributed by atoms with E-state index < -0.39 is 6.04 Å². The van der Waals surface area contributed by atoms with Gasteiger partial charge < -0.3 is 15.2 Å². The molecule has 0 spiro atoms. The van der Waals surface area contributed by atoms with E-state index in [1.165, 1.54) is 0 Å². The summed E-state index contributed by atoms with van der Waals surface area (Å²) in [6, 6.07) is 21.4. The van der Waals surface area contributed by atoms with E-state index in [1.807, 2.05) is 60.7 Å². The lowest BCUT2D eigenvalue weighted by molar-refractivity contribution is -0.115. The first-order valence-corrected chi connectivity index (χ1v) is 11.0. The molecular weight excluding hydrogens is 438 g/mol. The number of phenolic OH excluding ortho intramolecular Hbond substituents is 1. The lowest BCUT2D eigenvalue weighted by Gasteiger charge is -2.28. The van der Waals surface area contributed by atoms with E-state index in [0.29, 0.717) is 29.6 Å². The number of benzene rings is 3. The Bertz CT molecular complexity index is 1250. The van der Waals surface area contributed by atoms with Crippen LogP contribution >= 0.6 is 11.6 Å². The monoisotopic (exact) mass is 459 g/mol. The minimum atomic E-state index is -0.429. The highest BCUT2D eigenvalue weighted by Gasteiger charge is 2.44. The molecule has 0 fully saturated rings. The Kier molecular flexibility index (Phi) is 5.52. The molecule has 3 aromatic rings. The maximum Gasteiger partial charge on any atom is 0.275 e. The van der Waals surface area contributed by atoms with Gasteiger partial charge in [-0.25, -0.2) is 0 Å². The number of hydrogen-bond donors (Lipinski definition) is 2. The summed E-state index contributed by atoms with van der Waals surface area (Å²) in [7, 11) is 1.61. The zero-order chi connectivity index (χ0) is 22.9. The molecule has 1 amide bonds. The Labute approximate surface area is 196 Å². The van der Waals surface area contributed by atoms with Crippen molar-refractivity contribution >= 4 is 28.9 Å². The number of aromatic hydroxyl groups is 1. The Morgan fingerprint density at radius 2 is 1.73 bits per heavy atom. The first-order chi connectivity index (χ1) is 16.1. The molecule has 5 rings (SSSR count). The van der Waals surface area contributed by atoms with Crippen LogP contribution in [-0.2, 0) is 4.79 Å². The van der Waals surface area contributed by atoms with Crippen molar-refractivity contribution in [2.75, 3.05) is 25.1 Å². The molecule has 2 aliphatic rings. The van der Waals surface area contributed by atoms with Gasteiger partial charge in [-0.3, -0.25) is 14.7 Å². The minimum Gasteiger partial charge on any atom is -0.508 e. The molecule has 0 aromatic heterocycles. The quantitative estimate of drug-likeness (QED) is 0.603. The Balaban J connectivity index is 1.69. The molecule has 0 bridgehead atoms. The number of carbonyl (C=O) groups is 1. The van der Waals surface area contributed by atoms with Crippen molar-refractivity contribution in [3.05, 3.63) is 100 Å². The van der Waals surface area contributed by atoms with Crippen LogP contribution in [0.25, 0.3) is 0 Å². The first-order valence-electron chi connectivity index (χ1n) is 10.6. The van der Waals surface area contributed by atoms with Crippen molar-refractivity contribution in [1.82, 2.24) is 5.32 Å². The van der Waals surface area contributed by atoms with E-state index in [0.717, 1.165) is 28.1 Å². The fourth-order valence-corrected chi connectivity index (χ4v) is 4.43. The molecule has 7 heteroatoms. The van der Waals surface area contributed by atoms with Crippen LogP contribution in [0.15, 0.2) is 89.1 Å². The van der Waals surface area contributed by atoms with Gasteiger partial charge in [-0.1, -0.05) is 35.9 Å². The van der Waals surface area contributed by atoms with Crippen LogP contribution in [0.2, 0.25) is 5.02 Å².